The van der Waals surface area contributed by atoms with E-state index in [1.54, 1.807) is 0 Å². The maximum absolute atomic E-state index is 8.99. The molecular weight excluding hydrogens is 242 g/mol. The van der Waals surface area contributed by atoms with Gasteiger partial charge in [0.25, 0.3) is 0 Å². The van der Waals surface area contributed by atoms with Gasteiger partial charge in [-0.3, -0.25) is 0 Å². The van der Waals surface area contributed by atoms with E-state index in [2.05, 4.69) is 10.1 Å². The van der Waals surface area contributed by atoms with Gasteiger partial charge in [-0.1, -0.05) is 47.6 Å². The summed E-state index contributed by atoms with van der Waals surface area (Å²) in [6.45, 7) is -0.225. The van der Waals surface area contributed by atoms with Crippen molar-refractivity contribution in [1.29, 1.82) is 0 Å². The van der Waals surface area contributed by atoms with Gasteiger partial charge in [-0.15, -0.1) is 0 Å². The van der Waals surface area contributed by atoms with E-state index in [1.807, 2.05) is 42.5 Å². The van der Waals surface area contributed by atoms with E-state index in [0.29, 0.717) is 5.82 Å². The summed E-state index contributed by atoms with van der Waals surface area (Å²) in [6, 6.07) is 13.2. The second kappa shape index (κ2) is 4.79. The number of hydrogen-bond acceptors (Lipinski definition) is 5. The lowest BCUT2D eigenvalue weighted by Gasteiger charge is -2.02. The number of nitrogens with two attached hydrogens (primary N) is 1. The van der Waals surface area contributed by atoms with Crippen molar-refractivity contribution in [3.8, 4) is 11.4 Å². The first kappa shape index (κ1) is 11.8. The molecule has 96 valence electrons. The van der Waals surface area contributed by atoms with Crippen LogP contribution < -0.4 is 5.73 Å². The average molecular weight is 255 g/mol. The van der Waals surface area contributed by atoms with E-state index < -0.39 is 6.04 Å². The zero-order valence-electron chi connectivity index (χ0n) is 10.2. The van der Waals surface area contributed by atoms with Crippen LogP contribution in [-0.4, -0.2) is 21.9 Å². The third kappa shape index (κ3) is 2.09. The molecule has 0 aliphatic carbocycles. The van der Waals surface area contributed by atoms with E-state index in [4.69, 9.17) is 15.4 Å². The molecule has 0 saturated heterocycles. The standard InChI is InChI=1S/C14H13N3O2/c15-12(8-18)14-16-13(17-19-14)11-7-3-5-9-4-1-2-6-10(9)11/h1-7,12,18H,8,15H2. The number of nitrogens with zero attached hydrogens (tertiary/aromatic N) is 2. The van der Waals surface area contributed by atoms with Gasteiger partial charge in [-0.25, -0.2) is 0 Å². The fourth-order valence-corrected chi connectivity index (χ4v) is 1.99. The van der Waals surface area contributed by atoms with Gasteiger partial charge in [0.15, 0.2) is 0 Å². The molecule has 0 aliphatic heterocycles. The lowest BCUT2D eigenvalue weighted by atomic mass is 10.0. The zero-order chi connectivity index (χ0) is 13.2. The van der Waals surface area contributed by atoms with Gasteiger partial charge in [-0.2, -0.15) is 4.98 Å². The van der Waals surface area contributed by atoms with Crippen molar-refractivity contribution in [3.63, 3.8) is 0 Å². The number of hydrogen-bond donors (Lipinski definition) is 2. The van der Waals surface area contributed by atoms with E-state index >= 15 is 0 Å². The molecule has 3 rings (SSSR count). The Labute approximate surface area is 109 Å². The molecule has 2 aromatic carbocycles. The quantitative estimate of drug-likeness (QED) is 0.746. The van der Waals surface area contributed by atoms with Crippen molar-refractivity contribution >= 4 is 10.8 Å². The third-order valence-electron chi connectivity index (χ3n) is 2.99. The maximum Gasteiger partial charge on any atom is 0.246 e. The molecule has 5 nitrogen and oxygen atoms in total. The summed E-state index contributed by atoms with van der Waals surface area (Å²) < 4.78 is 5.07. The van der Waals surface area contributed by atoms with Crippen molar-refractivity contribution in [3.05, 3.63) is 48.4 Å². The lowest BCUT2D eigenvalue weighted by Crippen LogP contribution is -2.14. The average Bonchev–Trinajstić information content (AvgIpc) is 2.95. The number of aliphatic hydroxyl groups excluding tert-OH is 1. The van der Waals surface area contributed by atoms with Crippen LogP contribution in [0.3, 0.4) is 0 Å². The van der Waals surface area contributed by atoms with Crippen LogP contribution in [0.2, 0.25) is 0 Å². The summed E-state index contributed by atoms with van der Waals surface area (Å²) in [5.74, 6) is 0.723. The normalized spacial score (nSPS) is 12.7. The van der Waals surface area contributed by atoms with Gasteiger partial charge in [0.1, 0.15) is 6.04 Å². The predicted octanol–water partition coefficient (Wildman–Crippen LogP) is 1.88. The van der Waals surface area contributed by atoms with Gasteiger partial charge in [0, 0.05) is 5.56 Å². The molecule has 5 heteroatoms. The molecule has 0 fully saturated rings. The molecule has 19 heavy (non-hydrogen) atoms. The number of fused-ring (bicyclic) bond motifs is 1. The second-order valence-corrected chi connectivity index (χ2v) is 4.27. The molecule has 1 aromatic heterocycles. The molecule has 0 aliphatic rings. The van der Waals surface area contributed by atoms with Gasteiger partial charge in [0.05, 0.1) is 6.61 Å². The van der Waals surface area contributed by atoms with Crippen molar-refractivity contribution in [2.24, 2.45) is 5.73 Å². The van der Waals surface area contributed by atoms with Crippen LogP contribution in [0.4, 0.5) is 0 Å². The molecule has 0 amide bonds. The Kier molecular flexibility index (Phi) is 2.98. The monoisotopic (exact) mass is 255 g/mol. The minimum atomic E-state index is -0.642. The molecule has 3 aromatic rings. The summed E-state index contributed by atoms with van der Waals surface area (Å²) in [4.78, 5) is 4.24. The van der Waals surface area contributed by atoms with E-state index in [0.717, 1.165) is 16.3 Å². The Morgan fingerprint density at radius 1 is 1.16 bits per heavy atom. The Morgan fingerprint density at radius 3 is 2.79 bits per heavy atom. The van der Waals surface area contributed by atoms with Crippen LogP contribution in [0.25, 0.3) is 22.2 Å². The minimum Gasteiger partial charge on any atom is -0.394 e. The smallest absolute Gasteiger partial charge is 0.246 e. The van der Waals surface area contributed by atoms with Crippen molar-refractivity contribution in [2.75, 3.05) is 6.61 Å². The summed E-state index contributed by atoms with van der Waals surface area (Å²) >= 11 is 0. The Morgan fingerprint density at radius 2 is 1.95 bits per heavy atom. The van der Waals surface area contributed by atoms with Crippen LogP contribution >= 0.6 is 0 Å². The van der Waals surface area contributed by atoms with Crippen LogP contribution in [0.1, 0.15) is 11.9 Å². The predicted molar refractivity (Wildman–Crippen MR) is 71.3 cm³/mol. The zero-order valence-corrected chi connectivity index (χ0v) is 10.2. The van der Waals surface area contributed by atoms with E-state index in [9.17, 15) is 0 Å². The SMILES string of the molecule is NC(CO)c1nc(-c2cccc3ccccc23)no1. The molecule has 0 saturated carbocycles. The lowest BCUT2D eigenvalue weighted by molar-refractivity contribution is 0.237. The second-order valence-electron chi connectivity index (χ2n) is 4.27. The minimum absolute atomic E-state index is 0.225. The van der Waals surface area contributed by atoms with Gasteiger partial charge < -0.3 is 15.4 Å². The van der Waals surface area contributed by atoms with E-state index in [1.165, 1.54) is 0 Å². The highest BCUT2D eigenvalue weighted by molar-refractivity contribution is 5.94. The topological polar surface area (TPSA) is 85.2 Å². The Bertz CT molecular complexity index is 703. The molecule has 0 radical (unpaired) electrons. The fourth-order valence-electron chi connectivity index (χ4n) is 1.99. The number of aromatic nitrogens is 2. The highest BCUT2D eigenvalue weighted by atomic mass is 16.5. The number of rotatable bonds is 3. The molecule has 0 bridgehead atoms. The van der Waals surface area contributed by atoms with Crippen LogP contribution in [0.15, 0.2) is 47.0 Å². The van der Waals surface area contributed by atoms with Crippen molar-refractivity contribution in [2.45, 2.75) is 6.04 Å². The molecule has 0 spiro atoms. The van der Waals surface area contributed by atoms with Gasteiger partial charge in [0.2, 0.25) is 11.7 Å². The van der Waals surface area contributed by atoms with Gasteiger partial charge in [-0.05, 0) is 10.8 Å². The highest BCUT2D eigenvalue weighted by Gasteiger charge is 2.15. The number of aliphatic hydroxyl groups is 1. The molecule has 1 atom stereocenters. The van der Waals surface area contributed by atoms with Gasteiger partial charge >= 0.3 is 0 Å². The molecule has 3 N–H and O–H groups in total. The summed E-state index contributed by atoms with van der Waals surface area (Å²) in [7, 11) is 0. The van der Waals surface area contributed by atoms with Crippen LogP contribution in [0, 0.1) is 0 Å². The Hall–Kier alpha value is -2.24. The molecular formula is C14H13N3O2. The third-order valence-corrected chi connectivity index (χ3v) is 2.99. The summed E-state index contributed by atoms with van der Waals surface area (Å²) in [5.41, 5.74) is 6.54. The summed E-state index contributed by atoms with van der Waals surface area (Å²) in [6.07, 6.45) is 0. The van der Waals surface area contributed by atoms with E-state index in [-0.39, 0.29) is 12.5 Å². The first-order chi connectivity index (χ1) is 9.29. The first-order valence-corrected chi connectivity index (χ1v) is 5.98. The largest absolute Gasteiger partial charge is 0.394 e. The Balaban J connectivity index is 2.12. The van der Waals surface area contributed by atoms with Crippen molar-refractivity contribution in [1.82, 2.24) is 10.1 Å². The maximum atomic E-state index is 8.99. The molecule has 1 unspecified atom stereocenters. The van der Waals surface area contributed by atoms with Crippen LogP contribution in [0.5, 0.6) is 0 Å². The highest BCUT2D eigenvalue weighted by Crippen LogP contribution is 2.26. The fraction of sp³-hybridized carbons (Fsp3) is 0.143. The number of benzene rings is 2. The van der Waals surface area contributed by atoms with Crippen molar-refractivity contribution < 1.29 is 9.63 Å². The first-order valence-electron chi connectivity index (χ1n) is 5.98. The molecule has 1 heterocycles. The summed E-state index contributed by atoms with van der Waals surface area (Å²) in [5, 5.41) is 15.1. The van der Waals surface area contributed by atoms with Crippen LogP contribution in [-0.2, 0) is 0 Å².